The highest BCUT2D eigenvalue weighted by Gasteiger charge is 2.31. The van der Waals surface area contributed by atoms with Crippen LogP contribution in [0.5, 0.6) is 11.5 Å². The lowest BCUT2D eigenvalue weighted by atomic mass is 9.87. The summed E-state index contributed by atoms with van der Waals surface area (Å²) in [5.74, 6) is -0.845. The molecule has 0 aromatic heterocycles. The number of esters is 1. The lowest BCUT2D eigenvalue weighted by Crippen LogP contribution is -2.29. The van der Waals surface area contributed by atoms with Crippen LogP contribution in [0.3, 0.4) is 0 Å². The Morgan fingerprint density at radius 2 is 1.73 bits per heavy atom. The number of allylic oxidation sites excluding steroid dienone is 3. The molecule has 0 saturated heterocycles. The molecule has 1 N–H and O–H groups in total. The standard InChI is InChI=1S/C19H20O7/c1-11(20)26-10-19(2,23)8-7-12-9-13(21)16-14(24-3)5-6-15(25-4)17(16)18(12)22/h5-9,23H,10H2,1-4H3/b8-7+. The molecular formula is C19H20O7. The zero-order valence-corrected chi connectivity index (χ0v) is 15.0. The quantitative estimate of drug-likeness (QED) is 0.773. The van der Waals surface area contributed by atoms with Gasteiger partial charge in [0.1, 0.15) is 23.7 Å². The number of hydrogen-bond acceptors (Lipinski definition) is 7. The van der Waals surface area contributed by atoms with E-state index in [1.165, 1.54) is 46.3 Å². The van der Waals surface area contributed by atoms with Crippen molar-refractivity contribution < 1.29 is 33.7 Å². The fraction of sp³-hybridized carbons (Fsp3) is 0.316. The smallest absolute Gasteiger partial charge is 0.302 e. The van der Waals surface area contributed by atoms with Crippen LogP contribution in [0, 0.1) is 0 Å². The molecule has 0 spiro atoms. The lowest BCUT2D eigenvalue weighted by Gasteiger charge is -2.20. The summed E-state index contributed by atoms with van der Waals surface area (Å²) in [5.41, 5.74) is -1.16. The molecule has 0 heterocycles. The molecule has 138 valence electrons. The van der Waals surface area contributed by atoms with Gasteiger partial charge in [0.05, 0.1) is 25.3 Å². The van der Waals surface area contributed by atoms with E-state index in [1.54, 1.807) is 12.1 Å². The van der Waals surface area contributed by atoms with Crippen LogP contribution in [-0.4, -0.2) is 49.1 Å². The first-order valence-corrected chi connectivity index (χ1v) is 7.81. The molecule has 26 heavy (non-hydrogen) atoms. The summed E-state index contributed by atoms with van der Waals surface area (Å²) in [6.07, 6.45) is 3.79. The highest BCUT2D eigenvalue weighted by atomic mass is 16.5. The predicted molar refractivity (Wildman–Crippen MR) is 92.7 cm³/mol. The Bertz CT molecular complexity index is 815. The molecule has 1 aliphatic rings. The second-order valence-electron chi connectivity index (χ2n) is 5.98. The van der Waals surface area contributed by atoms with Crippen molar-refractivity contribution >= 4 is 17.5 Å². The number of ether oxygens (including phenoxy) is 3. The SMILES string of the molecule is COc1ccc(OC)c2c1C(=O)C=C(/C=C/C(C)(O)COC(C)=O)C2=O. The molecule has 2 rings (SSSR count). The number of ketones is 2. The van der Waals surface area contributed by atoms with E-state index in [2.05, 4.69) is 0 Å². The molecule has 0 saturated carbocycles. The number of hydrogen-bond donors (Lipinski definition) is 1. The van der Waals surface area contributed by atoms with E-state index in [0.29, 0.717) is 0 Å². The largest absolute Gasteiger partial charge is 0.496 e. The summed E-state index contributed by atoms with van der Waals surface area (Å²) in [4.78, 5) is 36.2. The minimum atomic E-state index is -1.49. The van der Waals surface area contributed by atoms with Crippen LogP contribution in [0.1, 0.15) is 34.6 Å². The van der Waals surface area contributed by atoms with Crippen LogP contribution in [0.25, 0.3) is 0 Å². The van der Waals surface area contributed by atoms with E-state index in [0.717, 1.165) is 0 Å². The fourth-order valence-corrected chi connectivity index (χ4v) is 2.49. The maximum atomic E-state index is 12.8. The Morgan fingerprint density at radius 1 is 1.15 bits per heavy atom. The summed E-state index contributed by atoms with van der Waals surface area (Å²) >= 11 is 0. The van der Waals surface area contributed by atoms with Crippen molar-refractivity contribution in [2.45, 2.75) is 19.4 Å². The van der Waals surface area contributed by atoms with E-state index in [9.17, 15) is 19.5 Å². The Morgan fingerprint density at radius 3 is 2.27 bits per heavy atom. The van der Waals surface area contributed by atoms with Crippen molar-refractivity contribution in [1.82, 2.24) is 0 Å². The first-order valence-electron chi connectivity index (χ1n) is 7.81. The van der Waals surface area contributed by atoms with Crippen LogP contribution < -0.4 is 9.47 Å². The fourth-order valence-electron chi connectivity index (χ4n) is 2.49. The molecule has 1 aromatic rings. The van der Waals surface area contributed by atoms with Crippen LogP contribution >= 0.6 is 0 Å². The summed E-state index contributed by atoms with van der Waals surface area (Å²) in [7, 11) is 2.81. The van der Waals surface area contributed by atoms with Crippen molar-refractivity contribution in [3.05, 3.63) is 47.1 Å². The number of aliphatic hydroxyl groups is 1. The van der Waals surface area contributed by atoms with Crippen molar-refractivity contribution in [3.8, 4) is 11.5 Å². The molecule has 0 radical (unpaired) electrons. The Kier molecular flexibility index (Phi) is 5.62. The zero-order valence-electron chi connectivity index (χ0n) is 15.0. The summed E-state index contributed by atoms with van der Waals surface area (Å²) < 4.78 is 15.1. The summed E-state index contributed by atoms with van der Waals surface area (Å²) in [6.45, 7) is 2.36. The molecule has 0 amide bonds. The average Bonchev–Trinajstić information content (AvgIpc) is 2.60. The first-order chi connectivity index (χ1) is 12.2. The maximum absolute atomic E-state index is 12.8. The van der Waals surface area contributed by atoms with E-state index >= 15 is 0 Å². The molecule has 7 nitrogen and oxygen atoms in total. The van der Waals surface area contributed by atoms with Gasteiger partial charge in [-0.1, -0.05) is 6.08 Å². The van der Waals surface area contributed by atoms with Crippen LogP contribution in [-0.2, 0) is 9.53 Å². The van der Waals surface area contributed by atoms with Gasteiger partial charge in [-0.25, -0.2) is 0 Å². The number of Topliss-reactive ketones (excluding diaryl/α,β-unsaturated/α-hetero) is 1. The lowest BCUT2D eigenvalue weighted by molar-refractivity contribution is -0.145. The van der Waals surface area contributed by atoms with Gasteiger partial charge in [0.2, 0.25) is 0 Å². The molecular weight excluding hydrogens is 340 g/mol. The topological polar surface area (TPSA) is 99.1 Å². The monoisotopic (exact) mass is 360 g/mol. The molecule has 1 unspecified atom stereocenters. The highest BCUT2D eigenvalue weighted by Crippen LogP contribution is 2.36. The van der Waals surface area contributed by atoms with Gasteiger partial charge < -0.3 is 19.3 Å². The van der Waals surface area contributed by atoms with E-state index in [4.69, 9.17) is 14.2 Å². The first kappa shape index (κ1) is 19.4. The third-order valence-electron chi connectivity index (χ3n) is 3.78. The molecule has 0 bridgehead atoms. The highest BCUT2D eigenvalue weighted by molar-refractivity contribution is 6.27. The number of benzene rings is 1. The Balaban J connectivity index is 2.39. The number of carbonyl (C=O) groups is 3. The van der Waals surface area contributed by atoms with Gasteiger partial charge in [-0.15, -0.1) is 0 Å². The third kappa shape index (κ3) is 4.00. The van der Waals surface area contributed by atoms with Gasteiger partial charge in [-0.05, 0) is 31.2 Å². The van der Waals surface area contributed by atoms with Crippen LogP contribution in [0.2, 0.25) is 0 Å². The summed E-state index contributed by atoms with van der Waals surface area (Å²) in [6, 6.07) is 3.10. The van der Waals surface area contributed by atoms with E-state index < -0.39 is 23.1 Å². The summed E-state index contributed by atoms with van der Waals surface area (Å²) in [5, 5.41) is 10.2. The third-order valence-corrected chi connectivity index (χ3v) is 3.78. The normalized spacial score (nSPS) is 16.0. The van der Waals surface area contributed by atoms with Gasteiger partial charge in [0.15, 0.2) is 11.6 Å². The zero-order chi connectivity index (χ0) is 19.5. The van der Waals surface area contributed by atoms with Crippen molar-refractivity contribution in [1.29, 1.82) is 0 Å². The van der Waals surface area contributed by atoms with Crippen molar-refractivity contribution in [3.63, 3.8) is 0 Å². The van der Waals surface area contributed by atoms with E-state index in [-0.39, 0.29) is 34.8 Å². The number of methoxy groups -OCH3 is 2. The molecule has 1 atom stereocenters. The average molecular weight is 360 g/mol. The molecule has 7 heteroatoms. The number of fused-ring (bicyclic) bond motifs is 1. The van der Waals surface area contributed by atoms with Gasteiger partial charge in [0, 0.05) is 12.5 Å². The van der Waals surface area contributed by atoms with Crippen LogP contribution in [0.15, 0.2) is 35.9 Å². The number of carbonyl (C=O) groups excluding carboxylic acids is 3. The van der Waals surface area contributed by atoms with Crippen molar-refractivity contribution in [2.75, 3.05) is 20.8 Å². The van der Waals surface area contributed by atoms with Gasteiger partial charge in [0.25, 0.3) is 0 Å². The second kappa shape index (κ2) is 7.53. The predicted octanol–water partition coefficient (Wildman–Crippen LogP) is 1.88. The maximum Gasteiger partial charge on any atom is 0.302 e. The number of rotatable bonds is 6. The second-order valence-corrected chi connectivity index (χ2v) is 5.98. The van der Waals surface area contributed by atoms with Gasteiger partial charge >= 0.3 is 5.97 Å². The van der Waals surface area contributed by atoms with E-state index in [1.807, 2.05) is 0 Å². The minimum Gasteiger partial charge on any atom is -0.496 e. The Labute approximate surface area is 150 Å². The van der Waals surface area contributed by atoms with Crippen LogP contribution in [0.4, 0.5) is 0 Å². The molecule has 1 aromatic carbocycles. The molecule has 1 aliphatic carbocycles. The Hall–Kier alpha value is -2.93. The van der Waals surface area contributed by atoms with Crippen molar-refractivity contribution in [2.24, 2.45) is 0 Å². The van der Waals surface area contributed by atoms with Gasteiger partial charge in [-0.2, -0.15) is 0 Å². The van der Waals surface area contributed by atoms with Gasteiger partial charge in [-0.3, -0.25) is 14.4 Å². The minimum absolute atomic E-state index is 0.0807. The molecule has 0 fully saturated rings. The molecule has 0 aliphatic heterocycles.